The minimum absolute atomic E-state index is 0.0379. The summed E-state index contributed by atoms with van der Waals surface area (Å²) >= 11 is 0. The van der Waals surface area contributed by atoms with E-state index in [1.54, 1.807) is 14.0 Å². The molecule has 0 radical (unpaired) electrons. The second-order valence-corrected chi connectivity index (χ2v) is 4.83. The summed E-state index contributed by atoms with van der Waals surface area (Å²) in [6.45, 7) is 4.01. The van der Waals surface area contributed by atoms with Gasteiger partial charge in [0.2, 0.25) is 5.91 Å². The fraction of sp³-hybridized carbons (Fsp3) is 0.923. The molecule has 1 fully saturated rings. The van der Waals surface area contributed by atoms with Crippen molar-refractivity contribution < 1.29 is 9.53 Å². The number of methoxy groups -OCH3 is 1. The van der Waals surface area contributed by atoms with E-state index >= 15 is 0 Å². The van der Waals surface area contributed by atoms with E-state index in [0.29, 0.717) is 12.0 Å². The molecule has 0 unspecified atom stereocenters. The van der Waals surface area contributed by atoms with E-state index in [9.17, 15) is 4.79 Å². The fourth-order valence-electron chi connectivity index (χ4n) is 2.45. The van der Waals surface area contributed by atoms with Crippen LogP contribution in [0.1, 0.15) is 52.4 Å². The molecule has 0 aliphatic heterocycles. The number of ether oxygens (including phenoxy) is 1. The summed E-state index contributed by atoms with van der Waals surface area (Å²) in [5.74, 6) is 0.726. The highest BCUT2D eigenvalue weighted by atomic mass is 16.5. The highest BCUT2D eigenvalue weighted by Crippen LogP contribution is 2.29. The van der Waals surface area contributed by atoms with E-state index < -0.39 is 0 Å². The molecule has 1 N–H and O–H groups in total. The summed E-state index contributed by atoms with van der Waals surface area (Å²) in [5, 5.41) is 3.12. The Morgan fingerprint density at radius 1 is 1.50 bits per heavy atom. The molecule has 0 spiro atoms. The molecule has 3 atom stereocenters. The predicted molar refractivity (Wildman–Crippen MR) is 65.3 cm³/mol. The molecule has 1 saturated carbocycles. The van der Waals surface area contributed by atoms with Gasteiger partial charge in [0.25, 0.3) is 0 Å². The number of nitrogens with one attached hydrogen (secondary N) is 1. The van der Waals surface area contributed by atoms with Crippen molar-refractivity contribution >= 4 is 5.91 Å². The Balaban J connectivity index is 2.37. The zero-order valence-electron chi connectivity index (χ0n) is 10.8. The van der Waals surface area contributed by atoms with Gasteiger partial charge in [-0.2, -0.15) is 0 Å². The summed E-state index contributed by atoms with van der Waals surface area (Å²) < 4.78 is 5.03. The van der Waals surface area contributed by atoms with E-state index in [1.165, 1.54) is 32.1 Å². The van der Waals surface area contributed by atoms with Crippen molar-refractivity contribution in [3.05, 3.63) is 0 Å². The maximum Gasteiger partial charge on any atom is 0.249 e. The Labute approximate surface area is 98.9 Å². The van der Waals surface area contributed by atoms with E-state index in [0.717, 1.165) is 6.42 Å². The molecular weight excluding hydrogens is 202 g/mol. The lowest BCUT2D eigenvalue weighted by molar-refractivity contribution is -0.131. The van der Waals surface area contributed by atoms with E-state index in [2.05, 4.69) is 12.2 Å². The van der Waals surface area contributed by atoms with Crippen LogP contribution in [0.5, 0.6) is 0 Å². The summed E-state index contributed by atoms with van der Waals surface area (Å²) in [7, 11) is 1.58. The van der Waals surface area contributed by atoms with Crippen molar-refractivity contribution in [2.45, 2.75) is 64.5 Å². The molecule has 0 aromatic carbocycles. The minimum atomic E-state index is -0.326. The molecule has 0 aromatic heterocycles. The Hall–Kier alpha value is -0.570. The SMILES string of the molecule is CCCC[C@@H]1CCC[C@@H]1NC(=O)[C@H](C)OC. The largest absolute Gasteiger partial charge is 0.372 e. The average Bonchev–Trinajstić information content (AvgIpc) is 2.72. The first-order chi connectivity index (χ1) is 7.69. The van der Waals surface area contributed by atoms with Crippen LogP contribution in [0.3, 0.4) is 0 Å². The molecule has 16 heavy (non-hydrogen) atoms. The third kappa shape index (κ3) is 3.78. The highest BCUT2D eigenvalue weighted by molar-refractivity contribution is 5.80. The molecule has 0 heterocycles. The fourth-order valence-corrected chi connectivity index (χ4v) is 2.45. The third-order valence-electron chi connectivity index (χ3n) is 3.64. The molecule has 0 saturated heterocycles. The molecule has 1 aliphatic rings. The van der Waals surface area contributed by atoms with Crippen LogP contribution in [0.2, 0.25) is 0 Å². The third-order valence-corrected chi connectivity index (χ3v) is 3.64. The van der Waals surface area contributed by atoms with Crippen LogP contribution in [-0.2, 0) is 9.53 Å². The summed E-state index contributed by atoms with van der Waals surface area (Å²) in [6.07, 6.45) is 7.10. The van der Waals surface area contributed by atoms with E-state index in [4.69, 9.17) is 4.74 Å². The number of amides is 1. The Morgan fingerprint density at radius 2 is 2.25 bits per heavy atom. The van der Waals surface area contributed by atoms with Crippen LogP contribution in [-0.4, -0.2) is 25.2 Å². The standard InChI is InChI=1S/C13H25NO2/c1-4-5-7-11-8-6-9-12(11)14-13(15)10(2)16-3/h10-12H,4-9H2,1-3H3,(H,14,15)/t10-,11+,12-/m0/s1. The van der Waals surface area contributed by atoms with Gasteiger partial charge in [0.1, 0.15) is 6.10 Å². The first kappa shape index (κ1) is 13.5. The van der Waals surface area contributed by atoms with Crippen LogP contribution in [0.4, 0.5) is 0 Å². The molecule has 1 amide bonds. The van der Waals surface area contributed by atoms with Crippen molar-refractivity contribution in [1.29, 1.82) is 0 Å². The smallest absolute Gasteiger partial charge is 0.249 e. The van der Waals surface area contributed by atoms with Gasteiger partial charge in [-0.3, -0.25) is 4.79 Å². The molecule has 0 bridgehead atoms. The maximum atomic E-state index is 11.7. The molecule has 3 heteroatoms. The highest BCUT2D eigenvalue weighted by Gasteiger charge is 2.28. The van der Waals surface area contributed by atoms with Crippen LogP contribution < -0.4 is 5.32 Å². The lowest BCUT2D eigenvalue weighted by atomic mass is 9.96. The maximum absolute atomic E-state index is 11.7. The molecule has 94 valence electrons. The monoisotopic (exact) mass is 227 g/mol. The second-order valence-electron chi connectivity index (χ2n) is 4.83. The Kier molecular flexibility index (Phi) is 5.81. The van der Waals surface area contributed by atoms with Gasteiger partial charge in [0, 0.05) is 13.2 Å². The Bertz CT molecular complexity index is 218. The summed E-state index contributed by atoms with van der Waals surface area (Å²) in [5.41, 5.74) is 0. The van der Waals surface area contributed by atoms with Gasteiger partial charge >= 0.3 is 0 Å². The quantitative estimate of drug-likeness (QED) is 0.757. The lowest BCUT2D eigenvalue weighted by Crippen LogP contribution is -2.42. The normalized spacial score (nSPS) is 26.7. The molecule has 3 nitrogen and oxygen atoms in total. The van der Waals surface area contributed by atoms with Crippen LogP contribution in [0.25, 0.3) is 0 Å². The first-order valence-corrected chi connectivity index (χ1v) is 6.52. The van der Waals surface area contributed by atoms with Gasteiger partial charge in [-0.25, -0.2) is 0 Å². The van der Waals surface area contributed by atoms with Gasteiger partial charge in [-0.05, 0) is 32.1 Å². The number of carbonyl (C=O) groups is 1. The van der Waals surface area contributed by atoms with Crippen molar-refractivity contribution in [3.63, 3.8) is 0 Å². The molecular formula is C13H25NO2. The zero-order chi connectivity index (χ0) is 12.0. The minimum Gasteiger partial charge on any atom is -0.372 e. The van der Waals surface area contributed by atoms with Crippen molar-refractivity contribution in [1.82, 2.24) is 5.32 Å². The zero-order valence-corrected chi connectivity index (χ0v) is 10.8. The van der Waals surface area contributed by atoms with Gasteiger partial charge < -0.3 is 10.1 Å². The van der Waals surface area contributed by atoms with Crippen molar-refractivity contribution in [2.75, 3.05) is 7.11 Å². The predicted octanol–water partition coefficient (Wildman–Crippen LogP) is 2.50. The van der Waals surface area contributed by atoms with E-state index in [-0.39, 0.29) is 12.0 Å². The van der Waals surface area contributed by atoms with Gasteiger partial charge in [0.15, 0.2) is 0 Å². The summed E-state index contributed by atoms with van der Waals surface area (Å²) in [4.78, 5) is 11.7. The number of hydrogen-bond acceptors (Lipinski definition) is 2. The van der Waals surface area contributed by atoms with Crippen molar-refractivity contribution in [3.8, 4) is 0 Å². The number of carbonyl (C=O) groups excluding carboxylic acids is 1. The van der Waals surface area contributed by atoms with Gasteiger partial charge in [0.05, 0.1) is 0 Å². The number of unbranched alkanes of at least 4 members (excludes halogenated alkanes) is 1. The second kappa shape index (κ2) is 6.89. The molecule has 1 rings (SSSR count). The molecule has 0 aromatic rings. The van der Waals surface area contributed by atoms with Crippen LogP contribution in [0.15, 0.2) is 0 Å². The van der Waals surface area contributed by atoms with Gasteiger partial charge in [-0.15, -0.1) is 0 Å². The van der Waals surface area contributed by atoms with Gasteiger partial charge in [-0.1, -0.05) is 26.2 Å². The first-order valence-electron chi connectivity index (χ1n) is 6.52. The number of hydrogen-bond donors (Lipinski definition) is 1. The molecule has 1 aliphatic carbocycles. The van der Waals surface area contributed by atoms with Crippen LogP contribution >= 0.6 is 0 Å². The average molecular weight is 227 g/mol. The van der Waals surface area contributed by atoms with E-state index in [1.807, 2.05) is 0 Å². The Morgan fingerprint density at radius 3 is 2.88 bits per heavy atom. The lowest BCUT2D eigenvalue weighted by Gasteiger charge is -2.22. The number of rotatable bonds is 6. The summed E-state index contributed by atoms with van der Waals surface area (Å²) in [6, 6.07) is 0.386. The van der Waals surface area contributed by atoms with Crippen LogP contribution in [0, 0.1) is 5.92 Å². The topological polar surface area (TPSA) is 38.3 Å². The van der Waals surface area contributed by atoms with Crippen molar-refractivity contribution in [2.24, 2.45) is 5.92 Å².